The van der Waals surface area contributed by atoms with Gasteiger partial charge in [-0.15, -0.1) is 5.10 Å². The highest BCUT2D eigenvalue weighted by Gasteiger charge is 2.44. The number of anilines is 2. The second-order valence-corrected chi connectivity index (χ2v) is 11.9. The van der Waals surface area contributed by atoms with Crippen molar-refractivity contribution in [1.82, 2.24) is 20.0 Å². The summed E-state index contributed by atoms with van der Waals surface area (Å²) in [6.45, 7) is 6.37. The number of hydrogen-bond acceptors (Lipinski definition) is 7. The minimum absolute atomic E-state index is 0.322. The maximum Gasteiger partial charge on any atom is 0.131 e. The number of hydrogen-bond donors (Lipinski definition) is 2. The highest BCUT2D eigenvalue weighted by atomic mass is 32.2. The molecule has 8 heteroatoms. The Hall–Kier alpha value is -2.58. The zero-order valence-corrected chi connectivity index (χ0v) is 22.1. The molecule has 1 aliphatic heterocycles. The van der Waals surface area contributed by atoms with Gasteiger partial charge >= 0.3 is 0 Å². The summed E-state index contributed by atoms with van der Waals surface area (Å²) < 4.78 is 5.35. The number of nitrogens with one attached hydrogen (secondary N) is 1. The molecule has 1 saturated heterocycles. The molecule has 1 spiro atoms. The van der Waals surface area contributed by atoms with Gasteiger partial charge in [0.05, 0.1) is 35.1 Å². The van der Waals surface area contributed by atoms with E-state index in [1.165, 1.54) is 37.8 Å². The van der Waals surface area contributed by atoms with E-state index in [4.69, 9.17) is 4.98 Å². The van der Waals surface area contributed by atoms with Gasteiger partial charge in [0.15, 0.2) is 0 Å². The van der Waals surface area contributed by atoms with E-state index in [0.717, 1.165) is 65.7 Å². The third kappa shape index (κ3) is 4.73. The maximum atomic E-state index is 10.8. The van der Waals surface area contributed by atoms with Gasteiger partial charge in [0.2, 0.25) is 0 Å². The van der Waals surface area contributed by atoms with E-state index in [1.54, 1.807) is 11.9 Å². The molecule has 3 aromatic rings. The predicted octanol–water partition coefficient (Wildman–Crippen LogP) is 5.93. The second kappa shape index (κ2) is 9.71. The molecule has 2 aliphatic carbocycles. The summed E-state index contributed by atoms with van der Waals surface area (Å²) in [7, 11) is 0. The van der Waals surface area contributed by atoms with Crippen molar-refractivity contribution < 1.29 is 5.11 Å². The van der Waals surface area contributed by atoms with E-state index in [0.29, 0.717) is 11.3 Å². The van der Waals surface area contributed by atoms with Crippen molar-refractivity contribution in [2.45, 2.75) is 64.9 Å². The topological polar surface area (TPSA) is 79.1 Å². The molecule has 3 fully saturated rings. The molecule has 2 N–H and O–H groups in total. The van der Waals surface area contributed by atoms with Crippen molar-refractivity contribution in [2.75, 3.05) is 28.5 Å². The molecule has 2 saturated carbocycles. The minimum Gasteiger partial charge on any atom is -0.387 e. The lowest BCUT2D eigenvalue weighted by Gasteiger charge is -2.35. The van der Waals surface area contributed by atoms with Crippen molar-refractivity contribution >= 4 is 23.3 Å². The largest absolute Gasteiger partial charge is 0.387 e. The van der Waals surface area contributed by atoms with Crippen LogP contribution in [-0.2, 0) is 0 Å². The smallest absolute Gasteiger partial charge is 0.131 e. The number of aliphatic hydroxyl groups is 1. The predicted molar refractivity (Wildman–Crippen MR) is 146 cm³/mol. The Morgan fingerprint density at radius 3 is 2.58 bits per heavy atom. The highest BCUT2D eigenvalue weighted by Crippen LogP contribution is 2.54. The second-order valence-electron chi connectivity index (χ2n) is 10.9. The van der Waals surface area contributed by atoms with E-state index < -0.39 is 6.10 Å². The first-order valence-electron chi connectivity index (χ1n) is 13.4. The van der Waals surface area contributed by atoms with Crippen LogP contribution in [-0.4, -0.2) is 43.9 Å². The molecule has 190 valence electrons. The molecule has 1 atom stereocenters. The Morgan fingerprint density at radius 1 is 1.08 bits per heavy atom. The van der Waals surface area contributed by atoms with Gasteiger partial charge in [-0.05, 0) is 92.7 Å². The maximum absolute atomic E-state index is 10.8. The van der Waals surface area contributed by atoms with Crippen LogP contribution in [0.1, 0.15) is 69.2 Å². The van der Waals surface area contributed by atoms with E-state index in [2.05, 4.69) is 45.1 Å². The summed E-state index contributed by atoms with van der Waals surface area (Å²) in [5.41, 5.74) is 7.29. The highest BCUT2D eigenvalue weighted by molar-refractivity contribution is 8.00. The van der Waals surface area contributed by atoms with Crippen molar-refractivity contribution in [1.29, 1.82) is 0 Å². The molecule has 1 unspecified atom stereocenters. The number of rotatable bonds is 8. The SMILES string of the molecule is CCSNc1ccc(-n2cc(-c3cc(C)cc(C(O)C4CCC4)n3)nn2)c(N2CCC3(CC2)CC3)c1. The zero-order chi connectivity index (χ0) is 24.7. The molecule has 3 heterocycles. The van der Waals surface area contributed by atoms with E-state index in [-0.39, 0.29) is 0 Å². The van der Waals surface area contributed by atoms with Crippen molar-refractivity contribution in [3.8, 4) is 17.1 Å². The number of piperidine rings is 1. The average Bonchev–Trinajstić information content (AvgIpc) is 3.42. The van der Waals surface area contributed by atoms with Crippen LogP contribution < -0.4 is 9.62 Å². The average molecular weight is 505 g/mol. The lowest BCUT2D eigenvalue weighted by Crippen LogP contribution is -2.35. The summed E-state index contributed by atoms with van der Waals surface area (Å²) in [5.74, 6) is 1.33. The fourth-order valence-corrected chi connectivity index (χ4v) is 6.00. The molecule has 7 nitrogen and oxygen atoms in total. The molecule has 6 rings (SSSR count). The Bertz CT molecular complexity index is 1220. The lowest BCUT2D eigenvalue weighted by atomic mass is 9.80. The Kier molecular flexibility index (Phi) is 6.42. The van der Waals surface area contributed by atoms with Crippen molar-refractivity contribution in [2.24, 2.45) is 11.3 Å². The molecule has 1 aromatic carbocycles. The third-order valence-electron chi connectivity index (χ3n) is 8.32. The number of aliphatic hydroxyl groups excluding tert-OH is 1. The van der Waals surface area contributed by atoms with Gasteiger partial charge in [-0.25, -0.2) is 9.67 Å². The van der Waals surface area contributed by atoms with Crippen LogP contribution in [0.4, 0.5) is 11.4 Å². The monoisotopic (exact) mass is 504 g/mol. The number of aromatic nitrogens is 4. The summed E-state index contributed by atoms with van der Waals surface area (Å²) in [4.78, 5) is 7.32. The van der Waals surface area contributed by atoms with Gasteiger partial charge in [-0.3, -0.25) is 0 Å². The Morgan fingerprint density at radius 2 is 1.89 bits per heavy atom. The molecule has 0 amide bonds. The van der Waals surface area contributed by atoms with E-state index in [9.17, 15) is 5.11 Å². The fraction of sp³-hybridized carbons (Fsp3) is 0.536. The molecule has 36 heavy (non-hydrogen) atoms. The van der Waals surface area contributed by atoms with Crippen LogP contribution in [0.3, 0.4) is 0 Å². The molecular weight excluding hydrogens is 468 g/mol. The number of aryl methyl sites for hydroxylation is 1. The molecule has 0 bridgehead atoms. The van der Waals surface area contributed by atoms with E-state index in [1.807, 2.05) is 29.9 Å². The first-order chi connectivity index (χ1) is 17.5. The summed E-state index contributed by atoms with van der Waals surface area (Å²) in [5, 5.41) is 19.8. The summed E-state index contributed by atoms with van der Waals surface area (Å²) >= 11 is 1.71. The van der Waals surface area contributed by atoms with Gasteiger partial charge in [-0.1, -0.05) is 30.5 Å². The van der Waals surface area contributed by atoms with Gasteiger partial charge < -0.3 is 14.7 Å². The molecular formula is C28H36N6OS. The van der Waals surface area contributed by atoms with Gasteiger partial charge in [0, 0.05) is 24.5 Å². The van der Waals surface area contributed by atoms with Crippen LogP contribution in [0.15, 0.2) is 36.5 Å². The van der Waals surface area contributed by atoms with Crippen LogP contribution in [0.25, 0.3) is 17.1 Å². The first kappa shape index (κ1) is 23.8. The molecule has 0 radical (unpaired) electrons. The summed E-state index contributed by atoms with van der Waals surface area (Å²) in [6.07, 6.45) is 10.2. The van der Waals surface area contributed by atoms with Crippen LogP contribution >= 0.6 is 11.9 Å². The first-order valence-corrected chi connectivity index (χ1v) is 14.4. The lowest BCUT2D eigenvalue weighted by molar-refractivity contribution is 0.0587. The third-order valence-corrected chi connectivity index (χ3v) is 8.99. The fourth-order valence-electron chi connectivity index (χ4n) is 5.56. The minimum atomic E-state index is -0.506. The van der Waals surface area contributed by atoms with Crippen LogP contribution in [0.2, 0.25) is 0 Å². The van der Waals surface area contributed by atoms with Gasteiger partial charge in [0.1, 0.15) is 5.69 Å². The van der Waals surface area contributed by atoms with Crippen LogP contribution in [0, 0.1) is 18.3 Å². The van der Waals surface area contributed by atoms with Gasteiger partial charge in [0.25, 0.3) is 0 Å². The number of benzene rings is 1. The van der Waals surface area contributed by atoms with Crippen molar-refractivity contribution in [3.05, 3.63) is 47.8 Å². The number of pyridine rings is 1. The Balaban J connectivity index is 1.30. The van der Waals surface area contributed by atoms with E-state index >= 15 is 0 Å². The van der Waals surface area contributed by atoms with Crippen LogP contribution in [0.5, 0.6) is 0 Å². The quantitative estimate of drug-likeness (QED) is 0.368. The molecule has 2 aromatic heterocycles. The number of nitrogens with zero attached hydrogens (tertiary/aromatic N) is 5. The Labute approximate surface area is 217 Å². The van der Waals surface area contributed by atoms with Gasteiger partial charge in [-0.2, -0.15) is 0 Å². The normalized spacial score (nSPS) is 19.8. The molecule has 3 aliphatic rings. The van der Waals surface area contributed by atoms with Crippen molar-refractivity contribution in [3.63, 3.8) is 0 Å². The standard InChI is InChI=1S/C28H36N6OS/c1-3-36-31-21-7-8-25(26(17-21)33-13-11-28(9-10-28)12-14-33)34-18-24(30-32-34)22-15-19(2)16-23(29-22)27(35)20-5-4-6-20/h7-8,15-18,20,27,31,35H,3-6,9-14H2,1-2H3. The zero-order valence-electron chi connectivity index (χ0n) is 21.3. The summed E-state index contributed by atoms with van der Waals surface area (Å²) in [6, 6.07) is 10.5.